The van der Waals surface area contributed by atoms with Gasteiger partial charge in [0.05, 0.1) is 7.11 Å². The van der Waals surface area contributed by atoms with Crippen LogP contribution in [0.3, 0.4) is 0 Å². The highest BCUT2D eigenvalue weighted by atomic mass is 16.5. The lowest BCUT2D eigenvalue weighted by Gasteiger charge is -2.32. The van der Waals surface area contributed by atoms with E-state index >= 15 is 0 Å². The Morgan fingerprint density at radius 1 is 1.26 bits per heavy atom. The second kappa shape index (κ2) is 6.71. The molecule has 3 atom stereocenters. The van der Waals surface area contributed by atoms with Crippen LogP contribution in [0.15, 0.2) is 30.3 Å². The van der Waals surface area contributed by atoms with Gasteiger partial charge in [-0.05, 0) is 24.3 Å². The topological polar surface area (TPSA) is 38.3 Å². The Balaban J connectivity index is 2.12. The van der Waals surface area contributed by atoms with Gasteiger partial charge in [-0.25, -0.2) is 4.79 Å². The van der Waals surface area contributed by atoms with Crippen molar-refractivity contribution >= 4 is 5.97 Å². The molecule has 0 amide bonds. The van der Waals surface area contributed by atoms with E-state index in [-0.39, 0.29) is 12.0 Å². The first-order valence-corrected chi connectivity index (χ1v) is 7.11. The smallest absolute Gasteiger partial charge is 0.327 e. The zero-order valence-corrected chi connectivity index (χ0v) is 11.8. The fraction of sp³-hybridized carbons (Fsp3) is 0.562. The van der Waals surface area contributed by atoms with Gasteiger partial charge in [0.15, 0.2) is 0 Å². The van der Waals surface area contributed by atoms with E-state index in [1.54, 1.807) is 0 Å². The van der Waals surface area contributed by atoms with Crippen LogP contribution in [-0.4, -0.2) is 19.1 Å². The van der Waals surface area contributed by atoms with Crippen LogP contribution >= 0.6 is 0 Å². The van der Waals surface area contributed by atoms with Crippen molar-refractivity contribution in [3.8, 4) is 0 Å². The summed E-state index contributed by atoms with van der Waals surface area (Å²) in [6, 6.07) is 9.87. The van der Waals surface area contributed by atoms with Crippen LogP contribution in [0.4, 0.5) is 0 Å². The van der Waals surface area contributed by atoms with Crippen molar-refractivity contribution in [2.24, 2.45) is 5.92 Å². The highest BCUT2D eigenvalue weighted by Gasteiger charge is 2.28. The number of carbonyl (C=O) groups is 1. The lowest BCUT2D eigenvalue weighted by molar-refractivity contribution is -0.143. The zero-order chi connectivity index (χ0) is 13.7. The minimum atomic E-state index is -0.350. The van der Waals surface area contributed by atoms with Crippen LogP contribution in [0.1, 0.15) is 44.2 Å². The maximum absolute atomic E-state index is 12.0. The standard InChI is InChI=1S/C16H23NO2/c1-12-8-6-7-11-14(12)17-15(16(18)19-2)13-9-4-3-5-10-13/h3-5,9-10,12,14-15,17H,6-8,11H2,1-2H3/t12-,14-,15-/m0/s1. The van der Waals surface area contributed by atoms with E-state index in [0.717, 1.165) is 12.0 Å². The zero-order valence-electron chi connectivity index (χ0n) is 11.8. The molecule has 0 aromatic heterocycles. The Morgan fingerprint density at radius 2 is 1.95 bits per heavy atom. The number of esters is 1. The predicted molar refractivity (Wildman–Crippen MR) is 75.8 cm³/mol. The Labute approximate surface area is 115 Å². The second-order valence-electron chi connectivity index (χ2n) is 5.40. The van der Waals surface area contributed by atoms with Crippen molar-refractivity contribution in [3.05, 3.63) is 35.9 Å². The molecule has 0 radical (unpaired) electrons. The van der Waals surface area contributed by atoms with Gasteiger partial charge in [-0.3, -0.25) is 5.32 Å². The molecule has 1 N–H and O–H groups in total. The van der Waals surface area contributed by atoms with Crippen molar-refractivity contribution in [2.45, 2.75) is 44.7 Å². The molecule has 0 saturated heterocycles. The summed E-state index contributed by atoms with van der Waals surface area (Å²) in [6.07, 6.45) is 4.92. The second-order valence-corrected chi connectivity index (χ2v) is 5.40. The summed E-state index contributed by atoms with van der Waals surface area (Å²) in [5.74, 6) is 0.411. The summed E-state index contributed by atoms with van der Waals surface area (Å²) in [7, 11) is 1.45. The number of carbonyl (C=O) groups excluding carboxylic acids is 1. The number of rotatable bonds is 4. The van der Waals surface area contributed by atoms with E-state index < -0.39 is 0 Å². The molecule has 2 rings (SSSR count). The van der Waals surface area contributed by atoms with Crippen molar-refractivity contribution in [2.75, 3.05) is 7.11 Å². The molecule has 0 bridgehead atoms. The molecule has 0 aliphatic heterocycles. The molecule has 0 spiro atoms. The van der Waals surface area contributed by atoms with E-state index in [0.29, 0.717) is 12.0 Å². The normalized spacial score (nSPS) is 24.7. The van der Waals surface area contributed by atoms with Crippen molar-refractivity contribution in [1.82, 2.24) is 5.32 Å². The van der Waals surface area contributed by atoms with Gasteiger partial charge >= 0.3 is 5.97 Å². The van der Waals surface area contributed by atoms with Gasteiger partial charge in [-0.2, -0.15) is 0 Å². The molecule has 1 fully saturated rings. The van der Waals surface area contributed by atoms with Crippen LogP contribution < -0.4 is 5.32 Å². The summed E-state index contributed by atoms with van der Waals surface area (Å²) >= 11 is 0. The molecule has 3 nitrogen and oxygen atoms in total. The van der Waals surface area contributed by atoms with Gasteiger partial charge in [0.1, 0.15) is 6.04 Å². The number of benzene rings is 1. The molecule has 3 heteroatoms. The third-order valence-corrected chi connectivity index (χ3v) is 4.06. The minimum Gasteiger partial charge on any atom is -0.468 e. The Bertz CT molecular complexity index is 404. The van der Waals surface area contributed by atoms with E-state index in [1.807, 2.05) is 30.3 Å². The third kappa shape index (κ3) is 3.57. The fourth-order valence-electron chi connectivity index (χ4n) is 2.84. The number of ether oxygens (including phenoxy) is 1. The fourth-order valence-corrected chi connectivity index (χ4v) is 2.84. The first-order valence-electron chi connectivity index (χ1n) is 7.11. The van der Waals surface area contributed by atoms with Crippen molar-refractivity contribution in [1.29, 1.82) is 0 Å². The SMILES string of the molecule is COC(=O)[C@@H](N[C@H]1CCCC[C@@H]1C)c1ccccc1. The monoisotopic (exact) mass is 261 g/mol. The van der Waals surface area contributed by atoms with E-state index in [1.165, 1.54) is 26.4 Å². The highest BCUT2D eigenvalue weighted by molar-refractivity contribution is 5.77. The molecule has 1 aliphatic rings. The van der Waals surface area contributed by atoms with Gasteiger partial charge in [-0.15, -0.1) is 0 Å². The number of hydrogen-bond acceptors (Lipinski definition) is 3. The molecule has 104 valence electrons. The first-order chi connectivity index (χ1) is 9.22. The lowest BCUT2D eigenvalue weighted by Crippen LogP contribution is -2.42. The third-order valence-electron chi connectivity index (χ3n) is 4.06. The molecular weight excluding hydrogens is 238 g/mol. The molecule has 1 aromatic carbocycles. The molecule has 1 saturated carbocycles. The number of nitrogens with one attached hydrogen (secondary N) is 1. The molecule has 0 heterocycles. The first kappa shape index (κ1) is 14.1. The highest BCUT2D eigenvalue weighted by Crippen LogP contribution is 2.26. The Morgan fingerprint density at radius 3 is 2.58 bits per heavy atom. The van der Waals surface area contributed by atoms with Crippen LogP contribution in [0.5, 0.6) is 0 Å². The average Bonchev–Trinajstić information content (AvgIpc) is 2.46. The summed E-state index contributed by atoms with van der Waals surface area (Å²) < 4.78 is 4.94. The van der Waals surface area contributed by atoms with Gasteiger partial charge in [-0.1, -0.05) is 50.1 Å². The van der Waals surface area contributed by atoms with E-state index in [4.69, 9.17) is 4.74 Å². The largest absolute Gasteiger partial charge is 0.468 e. The van der Waals surface area contributed by atoms with Crippen LogP contribution in [0, 0.1) is 5.92 Å². The van der Waals surface area contributed by atoms with Gasteiger partial charge in [0.2, 0.25) is 0 Å². The summed E-state index contributed by atoms with van der Waals surface area (Å²) in [5.41, 5.74) is 0.979. The molecule has 19 heavy (non-hydrogen) atoms. The predicted octanol–water partition coefficient (Wildman–Crippen LogP) is 3.07. The van der Waals surface area contributed by atoms with Crippen LogP contribution in [-0.2, 0) is 9.53 Å². The molecule has 0 unspecified atom stereocenters. The Kier molecular flexibility index (Phi) is 4.97. The van der Waals surface area contributed by atoms with Crippen LogP contribution in [0.25, 0.3) is 0 Å². The van der Waals surface area contributed by atoms with Crippen molar-refractivity contribution < 1.29 is 9.53 Å². The molecule has 1 aliphatic carbocycles. The lowest BCUT2D eigenvalue weighted by atomic mass is 9.85. The minimum absolute atomic E-state index is 0.205. The Hall–Kier alpha value is -1.35. The van der Waals surface area contributed by atoms with Gasteiger partial charge in [0, 0.05) is 6.04 Å². The quantitative estimate of drug-likeness (QED) is 0.847. The molecule has 1 aromatic rings. The van der Waals surface area contributed by atoms with Gasteiger partial charge < -0.3 is 4.74 Å². The number of methoxy groups -OCH3 is 1. The van der Waals surface area contributed by atoms with Gasteiger partial charge in [0.25, 0.3) is 0 Å². The average molecular weight is 261 g/mol. The summed E-state index contributed by atoms with van der Waals surface area (Å²) in [4.78, 5) is 12.0. The van der Waals surface area contributed by atoms with Crippen LogP contribution in [0.2, 0.25) is 0 Å². The molecular formula is C16H23NO2. The maximum Gasteiger partial charge on any atom is 0.327 e. The summed E-state index contributed by atoms with van der Waals surface area (Å²) in [6.45, 7) is 2.26. The van der Waals surface area contributed by atoms with Crippen molar-refractivity contribution in [3.63, 3.8) is 0 Å². The number of hydrogen-bond donors (Lipinski definition) is 1. The van der Waals surface area contributed by atoms with E-state index in [2.05, 4.69) is 12.2 Å². The maximum atomic E-state index is 12.0. The summed E-state index contributed by atoms with van der Waals surface area (Å²) in [5, 5.41) is 3.50. The van der Waals surface area contributed by atoms with E-state index in [9.17, 15) is 4.79 Å².